The number of nitrogens with two attached hydrogens (primary N) is 1. The van der Waals surface area contributed by atoms with Gasteiger partial charge in [0.05, 0.1) is 5.92 Å². The first-order chi connectivity index (χ1) is 3.22. The van der Waals surface area contributed by atoms with Gasteiger partial charge in [-0.3, -0.25) is 4.79 Å². The van der Waals surface area contributed by atoms with Gasteiger partial charge in [-0.25, -0.2) is 4.39 Å². The normalized spacial score (nSPS) is 29.4. The van der Waals surface area contributed by atoms with Crippen LogP contribution in [0.15, 0.2) is 0 Å². The standard InChI is InChI=1S/C4H6FNO.2ClH/c5-3-1-2(3)4(6)7;;/h2-3H,1H2,(H2,6,7);2*1H. The Morgan fingerprint density at radius 3 is 1.89 bits per heavy atom. The number of hydrogen-bond donors (Lipinski definition) is 1. The average molecular weight is 176 g/mol. The van der Waals surface area contributed by atoms with Crippen LogP contribution in [0.4, 0.5) is 4.39 Å². The molecular weight excluding hydrogens is 168 g/mol. The number of halogens is 3. The lowest BCUT2D eigenvalue weighted by Gasteiger charge is -1.79. The van der Waals surface area contributed by atoms with E-state index in [-0.39, 0.29) is 24.8 Å². The number of carbonyl (C=O) groups excluding carboxylic acids is 1. The van der Waals surface area contributed by atoms with Crippen LogP contribution < -0.4 is 5.73 Å². The van der Waals surface area contributed by atoms with E-state index in [4.69, 9.17) is 5.73 Å². The first kappa shape index (κ1) is 11.7. The molecule has 0 heterocycles. The Kier molecular flexibility index (Phi) is 5.09. The van der Waals surface area contributed by atoms with Crippen LogP contribution in [0.25, 0.3) is 0 Å². The lowest BCUT2D eigenvalue weighted by Crippen LogP contribution is -2.13. The number of rotatable bonds is 1. The molecule has 1 aliphatic carbocycles. The Morgan fingerprint density at radius 2 is 1.89 bits per heavy atom. The first-order valence-electron chi connectivity index (χ1n) is 2.15. The summed E-state index contributed by atoms with van der Waals surface area (Å²) in [5.74, 6) is -0.965. The van der Waals surface area contributed by atoms with Gasteiger partial charge in [-0.1, -0.05) is 0 Å². The Bertz CT molecular complexity index is 111. The van der Waals surface area contributed by atoms with E-state index in [1.54, 1.807) is 0 Å². The highest BCUT2D eigenvalue weighted by molar-refractivity contribution is 5.85. The lowest BCUT2D eigenvalue weighted by atomic mass is 10.4. The van der Waals surface area contributed by atoms with Gasteiger partial charge in [-0.2, -0.15) is 0 Å². The van der Waals surface area contributed by atoms with Crippen molar-refractivity contribution in [1.29, 1.82) is 0 Å². The number of carbonyl (C=O) groups is 1. The summed E-state index contributed by atoms with van der Waals surface area (Å²) in [5.41, 5.74) is 4.71. The minimum absolute atomic E-state index is 0. The molecule has 2 unspecified atom stereocenters. The smallest absolute Gasteiger partial charge is 0.223 e. The molecule has 1 saturated carbocycles. The first-order valence-corrected chi connectivity index (χ1v) is 2.15. The van der Waals surface area contributed by atoms with Crippen molar-refractivity contribution in [2.24, 2.45) is 11.7 Å². The fourth-order valence-electron chi connectivity index (χ4n) is 0.458. The summed E-state index contributed by atoms with van der Waals surface area (Å²) in [6.07, 6.45) is -0.590. The summed E-state index contributed by atoms with van der Waals surface area (Å²) in [6.45, 7) is 0. The van der Waals surface area contributed by atoms with Gasteiger partial charge in [0.25, 0.3) is 0 Å². The maximum Gasteiger partial charge on any atom is 0.223 e. The fourth-order valence-corrected chi connectivity index (χ4v) is 0.458. The Balaban J connectivity index is 0. The highest BCUT2D eigenvalue weighted by Gasteiger charge is 2.42. The van der Waals surface area contributed by atoms with Crippen molar-refractivity contribution in [3.8, 4) is 0 Å². The summed E-state index contributed by atoms with van der Waals surface area (Å²) in [4.78, 5) is 9.95. The molecule has 2 N–H and O–H groups in total. The van der Waals surface area contributed by atoms with Gasteiger partial charge in [0.15, 0.2) is 0 Å². The molecule has 0 spiro atoms. The van der Waals surface area contributed by atoms with Gasteiger partial charge in [0, 0.05) is 0 Å². The van der Waals surface area contributed by atoms with Crippen molar-refractivity contribution >= 4 is 30.7 Å². The number of amides is 1. The maximum atomic E-state index is 11.7. The van der Waals surface area contributed by atoms with Gasteiger partial charge in [-0.15, -0.1) is 24.8 Å². The molecule has 2 nitrogen and oxygen atoms in total. The van der Waals surface area contributed by atoms with E-state index >= 15 is 0 Å². The van der Waals surface area contributed by atoms with Gasteiger partial charge < -0.3 is 5.73 Å². The zero-order valence-electron chi connectivity index (χ0n) is 4.54. The van der Waals surface area contributed by atoms with Crippen LogP contribution in [0, 0.1) is 5.92 Å². The van der Waals surface area contributed by atoms with Crippen molar-refractivity contribution in [2.75, 3.05) is 0 Å². The average Bonchev–Trinajstić information content (AvgIpc) is 2.17. The Labute approximate surface area is 64.8 Å². The molecule has 0 aromatic heterocycles. The molecule has 1 rings (SSSR count). The maximum absolute atomic E-state index is 11.7. The Morgan fingerprint density at radius 1 is 1.56 bits per heavy atom. The van der Waals surface area contributed by atoms with E-state index in [2.05, 4.69) is 0 Å². The second-order valence-corrected chi connectivity index (χ2v) is 1.76. The topological polar surface area (TPSA) is 43.1 Å². The second kappa shape index (κ2) is 3.90. The largest absolute Gasteiger partial charge is 0.369 e. The molecule has 1 aliphatic rings. The minimum atomic E-state index is -0.933. The van der Waals surface area contributed by atoms with Crippen LogP contribution in [-0.2, 0) is 4.79 Å². The zero-order valence-corrected chi connectivity index (χ0v) is 6.17. The highest BCUT2D eigenvalue weighted by atomic mass is 35.5. The van der Waals surface area contributed by atoms with Crippen LogP contribution >= 0.6 is 24.8 Å². The SMILES string of the molecule is Cl.Cl.NC(=O)C1CC1F. The molecule has 1 amide bonds. The van der Waals surface area contributed by atoms with Crippen molar-refractivity contribution in [3.63, 3.8) is 0 Å². The fraction of sp³-hybridized carbons (Fsp3) is 0.750. The molecular formula is C4H8Cl2FNO. The number of primary amides is 1. The van der Waals surface area contributed by atoms with Gasteiger partial charge in [0.2, 0.25) is 5.91 Å². The number of alkyl halides is 1. The molecule has 0 aromatic carbocycles. The van der Waals surface area contributed by atoms with Crippen LogP contribution in [0.2, 0.25) is 0 Å². The van der Waals surface area contributed by atoms with E-state index in [1.807, 2.05) is 0 Å². The number of hydrogen-bond acceptors (Lipinski definition) is 1. The lowest BCUT2D eigenvalue weighted by molar-refractivity contribution is -0.119. The monoisotopic (exact) mass is 175 g/mol. The molecule has 56 valence electrons. The van der Waals surface area contributed by atoms with Crippen LogP contribution in [0.1, 0.15) is 6.42 Å². The van der Waals surface area contributed by atoms with Gasteiger partial charge in [-0.05, 0) is 6.42 Å². The van der Waals surface area contributed by atoms with Crippen molar-refractivity contribution in [2.45, 2.75) is 12.6 Å². The second-order valence-electron chi connectivity index (χ2n) is 1.76. The summed E-state index contributed by atoms with van der Waals surface area (Å²) < 4.78 is 11.7. The summed E-state index contributed by atoms with van der Waals surface area (Å²) in [5, 5.41) is 0. The predicted octanol–water partition coefficient (Wildman–Crippen LogP) is 0.673. The van der Waals surface area contributed by atoms with E-state index in [9.17, 15) is 9.18 Å². The van der Waals surface area contributed by atoms with E-state index in [0.717, 1.165) is 0 Å². The van der Waals surface area contributed by atoms with Crippen molar-refractivity contribution < 1.29 is 9.18 Å². The Hall–Kier alpha value is -0.0200. The van der Waals surface area contributed by atoms with Gasteiger partial charge in [0.1, 0.15) is 6.17 Å². The van der Waals surface area contributed by atoms with Crippen molar-refractivity contribution in [1.82, 2.24) is 0 Å². The minimum Gasteiger partial charge on any atom is -0.369 e. The molecule has 0 radical (unpaired) electrons. The van der Waals surface area contributed by atoms with E-state index < -0.39 is 18.0 Å². The summed E-state index contributed by atoms with van der Waals surface area (Å²) in [6, 6.07) is 0. The molecule has 2 atom stereocenters. The quantitative estimate of drug-likeness (QED) is 0.626. The third-order valence-corrected chi connectivity index (χ3v) is 1.08. The van der Waals surface area contributed by atoms with Gasteiger partial charge >= 0.3 is 0 Å². The van der Waals surface area contributed by atoms with E-state index in [1.165, 1.54) is 0 Å². The van der Waals surface area contributed by atoms with Crippen LogP contribution in [0.5, 0.6) is 0 Å². The highest BCUT2D eigenvalue weighted by Crippen LogP contribution is 2.32. The predicted molar refractivity (Wildman–Crippen MR) is 36.7 cm³/mol. The van der Waals surface area contributed by atoms with E-state index in [0.29, 0.717) is 6.42 Å². The molecule has 0 aliphatic heterocycles. The third-order valence-electron chi connectivity index (χ3n) is 1.08. The van der Waals surface area contributed by atoms with Crippen molar-refractivity contribution in [3.05, 3.63) is 0 Å². The van der Waals surface area contributed by atoms with Crippen LogP contribution in [0.3, 0.4) is 0 Å². The summed E-state index contributed by atoms with van der Waals surface area (Å²) in [7, 11) is 0. The third kappa shape index (κ3) is 2.87. The zero-order chi connectivity index (χ0) is 5.44. The molecule has 0 saturated heterocycles. The molecule has 5 heteroatoms. The molecule has 1 fully saturated rings. The molecule has 0 bridgehead atoms. The molecule has 0 aromatic rings. The summed E-state index contributed by atoms with van der Waals surface area (Å²) >= 11 is 0. The molecule has 9 heavy (non-hydrogen) atoms. The van der Waals surface area contributed by atoms with Crippen LogP contribution in [-0.4, -0.2) is 12.1 Å².